The first-order chi connectivity index (χ1) is 12.7. The van der Waals surface area contributed by atoms with E-state index in [0.29, 0.717) is 12.5 Å². The normalized spacial score (nSPS) is 15.7. The molecule has 0 fully saturated rings. The molecular formula is C20H22N6. The van der Waals surface area contributed by atoms with Crippen molar-refractivity contribution in [2.45, 2.75) is 33.1 Å². The highest BCUT2D eigenvalue weighted by molar-refractivity contribution is 6.04. The van der Waals surface area contributed by atoms with Gasteiger partial charge in [-0.3, -0.25) is 10.1 Å². The molecule has 1 aromatic carbocycles. The number of fused-ring (bicyclic) bond motifs is 1. The van der Waals surface area contributed by atoms with Crippen LogP contribution in [0.2, 0.25) is 0 Å². The summed E-state index contributed by atoms with van der Waals surface area (Å²) < 4.78 is 1.84. The predicted octanol–water partition coefficient (Wildman–Crippen LogP) is 4.07. The Kier molecular flexibility index (Phi) is 4.24. The van der Waals surface area contributed by atoms with Gasteiger partial charge >= 0.3 is 0 Å². The highest BCUT2D eigenvalue weighted by Gasteiger charge is 2.13. The molecule has 3 heterocycles. The van der Waals surface area contributed by atoms with E-state index >= 15 is 0 Å². The second-order valence-electron chi connectivity index (χ2n) is 6.68. The third-order valence-corrected chi connectivity index (χ3v) is 4.82. The van der Waals surface area contributed by atoms with E-state index in [-0.39, 0.29) is 0 Å². The molecule has 0 radical (unpaired) electrons. The Morgan fingerprint density at radius 2 is 2.19 bits per heavy atom. The molecule has 4 rings (SSSR count). The topological polar surface area (TPSA) is 71.8 Å². The summed E-state index contributed by atoms with van der Waals surface area (Å²) in [7, 11) is 0. The van der Waals surface area contributed by atoms with Gasteiger partial charge in [0, 0.05) is 22.6 Å². The van der Waals surface area contributed by atoms with Gasteiger partial charge in [0.2, 0.25) is 0 Å². The molecular weight excluding hydrogens is 324 g/mol. The molecule has 2 aromatic heterocycles. The van der Waals surface area contributed by atoms with Crippen LogP contribution in [0.15, 0.2) is 47.6 Å². The molecule has 0 aliphatic carbocycles. The summed E-state index contributed by atoms with van der Waals surface area (Å²) in [5, 5.41) is 17.3. The Hall–Kier alpha value is -3.02. The van der Waals surface area contributed by atoms with Crippen LogP contribution in [0.4, 0.5) is 0 Å². The summed E-state index contributed by atoms with van der Waals surface area (Å²) in [5.41, 5.74) is 5.99. The van der Waals surface area contributed by atoms with E-state index in [1.807, 2.05) is 29.9 Å². The number of nitrogens with zero attached hydrogens (tertiary/aromatic N) is 5. The van der Waals surface area contributed by atoms with Gasteiger partial charge in [0.15, 0.2) is 0 Å². The summed E-state index contributed by atoms with van der Waals surface area (Å²) in [5.74, 6) is 0.403. The average molecular weight is 346 g/mol. The first kappa shape index (κ1) is 16.4. The summed E-state index contributed by atoms with van der Waals surface area (Å²) in [6.07, 6.45) is 9.27. The van der Waals surface area contributed by atoms with Crippen molar-refractivity contribution < 1.29 is 0 Å². The second-order valence-corrected chi connectivity index (χ2v) is 6.68. The molecule has 0 saturated carbocycles. The minimum atomic E-state index is 0.403. The molecule has 6 heteroatoms. The number of rotatable bonds is 4. The van der Waals surface area contributed by atoms with Crippen LogP contribution >= 0.6 is 0 Å². The summed E-state index contributed by atoms with van der Waals surface area (Å²) >= 11 is 0. The van der Waals surface area contributed by atoms with Gasteiger partial charge in [-0.05, 0) is 37.6 Å². The highest BCUT2D eigenvalue weighted by Crippen LogP contribution is 2.27. The van der Waals surface area contributed by atoms with Crippen LogP contribution in [-0.2, 0) is 0 Å². The highest BCUT2D eigenvalue weighted by atomic mass is 15.4. The fourth-order valence-electron chi connectivity index (χ4n) is 3.04. The van der Waals surface area contributed by atoms with Crippen LogP contribution in [-0.4, -0.2) is 37.4 Å². The lowest BCUT2D eigenvalue weighted by atomic mass is 10.1. The molecule has 26 heavy (non-hydrogen) atoms. The number of aromatic nitrogens is 5. The van der Waals surface area contributed by atoms with Crippen LogP contribution < -0.4 is 0 Å². The van der Waals surface area contributed by atoms with Crippen molar-refractivity contribution in [1.82, 2.24) is 25.2 Å². The number of aromatic amines is 1. The lowest BCUT2D eigenvalue weighted by Crippen LogP contribution is -1.95. The number of benzene rings is 1. The maximum Gasteiger partial charge on any atom is 0.100 e. The number of H-pyrrole nitrogens is 1. The van der Waals surface area contributed by atoms with Gasteiger partial charge in [-0.15, -0.1) is 5.10 Å². The molecule has 0 spiro atoms. The van der Waals surface area contributed by atoms with Crippen LogP contribution in [0, 0.1) is 0 Å². The van der Waals surface area contributed by atoms with Gasteiger partial charge in [-0.25, -0.2) is 4.68 Å². The first-order valence-corrected chi connectivity index (χ1v) is 8.96. The van der Waals surface area contributed by atoms with Gasteiger partial charge in [-0.1, -0.05) is 31.2 Å². The quantitative estimate of drug-likeness (QED) is 0.774. The van der Waals surface area contributed by atoms with Gasteiger partial charge in [0.25, 0.3) is 0 Å². The van der Waals surface area contributed by atoms with E-state index in [1.165, 1.54) is 0 Å². The number of allylic oxidation sites excluding steroid dienone is 3. The molecule has 1 atom stereocenters. The van der Waals surface area contributed by atoms with Crippen LogP contribution in [0.25, 0.3) is 22.2 Å². The third-order valence-electron chi connectivity index (χ3n) is 4.82. The van der Waals surface area contributed by atoms with Crippen molar-refractivity contribution in [2.75, 3.05) is 6.54 Å². The summed E-state index contributed by atoms with van der Waals surface area (Å²) in [6.45, 7) is 7.04. The van der Waals surface area contributed by atoms with Crippen molar-refractivity contribution in [2.24, 2.45) is 4.99 Å². The largest absolute Gasteiger partial charge is 0.286 e. The molecule has 0 bridgehead atoms. The van der Waals surface area contributed by atoms with Gasteiger partial charge in [0.05, 0.1) is 29.6 Å². The minimum Gasteiger partial charge on any atom is -0.286 e. The maximum atomic E-state index is 4.53. The molecule has 0 amide bonds. The Morgan fingerprint density at radius 1 is 1.31 bits per heavy atom. The molecule has 6 nitrogen and oxygen atoms in total. The fourth-order valence-corrected chi connectivity index (χ4v) is 3.04. The second kappa shape index (κ2) is 6.71. The zero-order chi connectivity index (χ0) is 18.1. The first-order valence-electron chi connectivity index (χ1n) is 8.96. The number of nitrogens with one attached hydrogen (secondary N) is 1. The number of hydrogen-bond acceptors (Lipinski definition) is 4. The van der Waals surface area contributed by atoms with Crippen molar-refractivity contribution in [1.29, 1.82) is 0 Å². The molecule has 132 valence electrons. The Balaban J connectivity index is 1.78. The third kappa shape index (κ3) is 2.98. The molecule has 0 saturated heterocycles. The van der Waals surface area contributed by atoms with E-state index < -0.39 is 0 Å². The molecule has 3 aromatic rings. The van der Waals surface area contributed by atoms with Crippen molar-refractivity contribution in [3.05, 3.63) is 54.0 Å². The Labute approximate surface area is 152 Å². The lowest BCUT2D eigenvalue weighted by molar-refractivity contribution is 0.700. The van der Waals surface area contributed by atoms with E-state index in [0.717, 1.165) is 45.7 Å². The monoisotopic (exact) mass is 346 g/mol. The molecule has 1 unspecified atom stereocenters. The smallest absolute Gasteiger partial charge is 0.100 e. The summed E-state index contributed by atoms with van der Waals surface area (Å²) in [4.78, 5) is 4.45. The average Bonchev–Trinajstić information content (AvgIpc) is 3.25. The van der Waals surface area contributed by atoms with Crippen LogP contribution in [0.3, 0.4) is 0 Å². The van der Waals surface area contributed by atoms with Crippen molar-refractivity contribution in [3.8, 4) is 5.69 Å². The molecule has 1 aliphatic heterocycles. The minimum absolute atomic E-state index is 0.403. The van der Waals surface area contributed by atoms with E-state index in [2.05, 4.69) is 63.6 Å². The maximum absolute atomic E-state index is 4.53. The van der Waals surface area contributed by atoms with E-state index in [4.69, 9.17) is 0 Å². The Morgan fingerprint density at radius 3 is 3.04 bits per heavy atom. The van der Waals surface area contributed by atoms with Gasteiger partial charge in [0.1, 0.15) is 5.69 Å². The zero-order valence-corrected chi connectivity index (χ0v) is 15.3. The SMILES string of the molecule is CCC(C)c1cn(-c2ccc3[nH]nc(C4=CC(C)=NCC=C4)c3c2)nn1. The fraction of sp³-hybridized carbons (Fsp3) is 0.300. The van der Waals surface area contributed by atoms with Gasteiger partial charge in [-0.2, -0.15) is 5.10 Å². The van der Waals surface area contributed by atoms with Gasteiger partial charge < -0.3 is 0 Å². The molecule has 1 aliphatic rings. The summed E-state index contributed by atoms with van der Waals surface area (Å²) in [6, 6.07) is 6.17. The molecule has 1 N–H and O–H groups in total. The zero-order valence-electron chi connectivity index (χ0n) is 15.3. The van der Waals surface area contributed by atoms with Crippen LogP contribution in [0.5, 0.6) is 0 Å². The Bertz CT molecular complexity index is 1030. The lowest BCUT2D eigenvalue weighted by Gasteiger charge is -2.03. The van der Waals surface area contributed by atoms with E-state index in [9.17, 15) is 0 Å². The van der Waals surface area contributed by atoms with Crippen molar-refractivity contribution >= 4 is 22.2 Å². The predicted molar refractivity (Wildman–Crippen MR) is 105 cm³/mol. The number of hydrogen-bond donors (Lipinski definition) is 1. The standard InChI is InChI=1S/C20H22N6/c1-4-13(2)19-12-26(25-23-19)16-7-8-18-17(11-16)20(24-22-18)15-6-5-9-21-14(3)10-15/h5-8,10-13H,4,9H2,1-3H3,(H,22,24). The van der Waals surface area contributed by atoms with Crippen LogP contribution in [0.1, 0.15) is 44.5 Å². The van der Waals surface area contributed by atoms with E-state index in [1.54, 1.807) is 0 Å². The number of aliphatic imine (C=N–C) groups is 1. The van der Waals surface area contributed by atoms with Crippen molar-refractivity contribution in [3.63, 3.8) is 0 Å².